The van der Waals surface area contributed by atoms with Crippen molar-refractivity contribution in [1.29, 1.82) is 0 Å². The minimum absolute atomic E-state index is 0.187. The van der Waals surface area contributed by atoms with Gasteiger partial charge in [0.2, 0.25) is 23.6 Å². The predicted octanol–water partition coefficient (Wildman–Crippen LogP) is 16.0. The molecule has 24 rings (SSSR count). The number of nitrogens with one attached hydrogen (secondary N) is 8. The summed E-state index contributed by atoms with van der Waals surface area (Å²) >= 11 is 24.5. The van der Waals surface area contributed by atoms with Gasteiger partial charge in [-0.1, -0.05) is 163 Å². The fourth-order valence-corrected chi connectivity index (χ4v) is 24.2. The first-order chi connectivity index (χ1) is 66.8. The highest BCUT2D eigenvalue weighted by Gasteiger charge is 2.57. The zero-order valence-corrected chi connectivity index (χ0v) is 82.8. The minimum atomic E-state index is -0.224. The highest BCUT2D eigenvalue weighted by molar-refractivity contribution is 6.31. The van der Waals surface area contributed by atoms with Crippen LogP contribution in [0.4, 0.5) is 46.5 Å². The summed E-state index contributed by atoms with van der Waals surface area (Å²) in [6.45, 7) is 38.3. The molecule has 4 unspecified atom stereocenters. The van der Waals surface area contributed by atoms with Crippen molar-refractivity contribution in [2.75, 3.05) is 119 Å². The molecule has 14 heterocycles. The normalized spacial score (nSPS) is 26.9. The number of carbonyl (C=O) groups excluding carboxylic acids is 4. The molecule has 0 spiro atoms. The summed E-state index contributed by atoms with van der Waals surface area (Å²) in [6.07, 6.45) is 21.5. The van der Waals surface area contributed by atoms with Gasteiger partial charge < -0.3 is 81.7 Å². The molecule has 12 fully saturated rings. The number of aromatic nitrogens is 8. The number of nitrogens with zero attached hydrogens (tertiary/aromatic N) is 16. The van der Waals surface area contributed by atoms with Gasteiger partial charge >= 0.3 is 0 Å². The molecule has 4 bridgehead atoms. The largest absolute Gasteiger partial charge is 0.352 e. The summed E-state index contributed by atoms with van der Waals surface area (Å²) in [5.74, 6) is 10.3. The number of piperazine rings is 4. The Labute approximate surface area is 829 Å². The van der Waals surface area contributed by atoms with Gasteiger partial charge in [0.15, 0.2) is 0 Å². The third-order valence-electron chi connectivity index (χ3n) is 31.4. The first-order valence-corrected chi connectivity index (χ1v) is 51.8. The van der Waals surface area contributed by atoms with Crippen LogP contribution in [0.3, 0.4) is 0 Å². The molecular weight excluding hydrogens is 1820 g/mol. The number of allylic oxidation sites excluding steroid dienone is 4. The van der Waals surface area contributed by atoms with Crippen molar-refractivity contribution in [3.63, 3.8) is 0 Å². The van der Waals surface area contributed by atoms with Crippen LogP contribution in [0.5, 0.6) is 0 Å². The Balaban J connectivity index is 0.000000110. The number of halogens is 4. The maximum absolute atomic E-state index is 14.0. The Bertz CT molecular complexity index is 5580. The lowest BCUT2D eigenvalue weighted by Crippen LogP contribution is -2.58. The second-order valence-electron chi connectivity index (χ2n) is 41.9. The molecule has 6 saturated carbocycles. The van der Waals surface area contributed by atoms with Crippen LogP contribution in [-0.2, 0) is 19.2 Å². The summed E-state index contributed by atoms with van der Waals surface area (Å²) < 4.78 is 0. The van der Waals surface area contributed by atoms with E-state index in [1.807, 2.05) is 97.1 Å². The van der Waals surface area contributed by atoms with Crippen molar-refractivity contribution in [2.45, 2.75) is 251 Å². The third kappa shape index (κ3) is 19.5. The van der Waals surface area contributed by atoms with Gasteiger partial charge in [0, 0.05) is 216 Å². The van der Waals surface area contributed by atoms with Crippen molar-refractivity contribution >= 4 is 117 Å². The van der Waals surface area contributed by atoms with Gasteiger partial charge in [-0.05, 0) is 173 Å². The first-order valence-electron chi connectivity index (χ1n) is 50.2. The fraction of sp³-hybridized carbons (Fsp3) is 0.509. The van der Waals surface area contributed by atoms with Crippen molar-refractivity contribution in [3.8, 4) is 0 Å². The van der Waals surface area contributed by atoms with Crippen LogP contribution in [0.1, 0.15) is 223 Å². The molecule has 4 aromatic carbocycles. The smallest absolute Gasteiger partial charge is 0.232 e. The fourth-order valence-electron chi connectivity index (χ4n) is 23.7. The number of hydrogen-bond acceptors (Lipinski definition) is 24. The average molecular weight is 1940 g/mol. The summed E-state index contributed by atoms with van der Waals surface area (Å²) in [7, 11) is 0. The van der Waals surface area contributed by atoms with Crippen molar-refractivity contribution in [3.05, 3.63) is 236 Å². The Morgan fingerprint density at radius 2 is 0.681 bits per heavy atom. The molecule has 138 heavy (non-hydrogen) atoms. The molecule has 6 saturated heterocycles. The molecule has 16 aliphatic rings. The molecular formula is C106H128Cl4N24O4. The molecule has 4 aromatic heterocycles. The molecule has 8 aromatic rings. The van der Waals surface area contributed by atoms with E-state index in [2.05, 4.69) is 170 Å². The average Bonchev–Trinajstić information content (AvgIpc) is 1.56. The Morgan fingerprint density at radius 3 is 1.00 bits per heavy atom. The van der Waals surface area contributed by atoms with E-state index in [-0.39, 0.29) is 83.6 Å². The molecule has 724 valence electrons. The molecule has 28 nitrogen and oxygen atoms in total. The zero-order chi connectivity index (χ0) is 95.3. The molecule has 10 aliphatic heterocycles. The van der Waals surface area contributed by atoms with E-state index in [0.29, 0.717) is 131 Å². The number of hydrogen-bond donors (Lipinski definition) is 8. The molecule has 18 atom stereocenters. The van der Waals surface area contributed by atoms with E-state index in [1.54, 1.807) is 25.3 Å². The van der Waals surface area contributed by atoms with Gasteiger partial charge in [-0.15, -0.1) is 0 Å². The lowest BCUT2D eigenvalue weighted by atomic mass is 9.93. The van der Waals surface area contributed by atoms with E-state index in [1.165, 1.54) is 47.9 Å². The van der Waals surface area contributed by atoms with Crippen molar-refractivity contribution in [1.82, 2.24) is 80.7 Å². The lowest BCUT2D eigenvalue weighted by molar-refractivity contribution is -0.137. The number of amides is 4. The van der Waals surface area contributed by atoms with Gasteiger partial charge in [0.25, 0.3) is 0 Å². The lowest BCUT2D eigenvalue weighted by Gasteiger charge is -2.43. The number of benzene rings is 4. The van der Waals surface area contributed by atoms with Crippen LogP contribution >= 0.6 is 46.4 Å². The maximum Gasteiger partial charge on any atom is 0.232 e. The Kier molecular flexibility index (Phi) is 26.6. The van der Waals surface area contributed by atoms with Crippen LogP contribution in [0.25, 0.3) is 0 Å². The minimum Gasteiger partial charge on any atom is -0.352 e. The maximum atomic E-state index is 14.0. The highest BCUT2D eigenvalue weighted by Crippen LogP contribution is 2.61. The quantitative estimate of drug-likeness (QED) is 0.0279. The van der Waals surface area contributed by atoms with E-state index < -0.39 is 0 Å². The highest BCUT2D eigenvalue weighted by atomic mass is 35.5. The van der Waals surface area contributed by atoms with Crippen LogP contribution in [0.2, 0.25) is 20.1 Å². The van der Waals surface area contributed by atoms with Crippen LogP contribution in [0, 0.1) is 11.8 Å². The van der Waals surface area contributed by atoms with Crippen molar-refractivity contribution < 1.29 is 19.2 Å². The molecule has 32 heteroatoms. The number of anilines is 8. The number of carbonyl (C=O) groups is 4. The van der Waals surface area contributed by atoms with Gasteiger partial charge in [-0.3, -0.25) is 19.2 Å². The third-order valence-corrected chi connectivity index (χ3v) is 32.4. The Morgan fingerprint density at radius 1 is 0.370 bits per heavy atom. The second-order valence-corrected chi connectivity index (χ2v) is 43.6. The van der Waals surface area contributed by atoms with Crippen LogP contribution in [0.15, 0.2) is 171 Å². The SMILES string of the molecule is C=C1C[C@@H](C)c2c(ncnc2N2CCN(C(=O)[C@H](CNC3CC3)c3ccc(Cl)cc3)[C@@H]3C[C@@H]32)N1.C=C1C[C@@H](C)c2c(ncnc2N2CCN(C(=O)[C@H](CNC3CC3)c3ccc(Cl)cc3)[C@H]3C[C@H]32)N1.C=C1Nc2ncnc(N3CC4CCC(C3)N4C(=O)[C@H](CNC(C)C)c3ccc(Cl)cc3)c2[C@@H]2C[C@H]12.C=C1Nc2ncnc(N3CC4CCC(C3)N4C(=O)[C@H](CNC(C)C)c3ccc(Cl)cc3)c2[C@H]2C[C@@H]12. The number of fused-ring (bicyclic) bond motifs is 14. The topological polar surface area (TPSA) is 294 Å². The second kappa shape index (κ2) is 39.1. The van der Waals surface area contributed by atoms with Gasteiger partial charge in [0.1, 0.15) is 71.9 Å². The zero-order valence-electron chi connectivity index (χ0n) is 79.8. The van der Waals surface area contributed by atoms with E-state index in [4.69, 9.17) is 66.3 Å². The van der Waals surface area contributed by atoms with Gasteiger partial charge in [0.05, 0.1) is 47.8 Å². The predicted molar refractivity (Wildman–Crippen MR) is 546 cm³/mol. The van der Waals surface area contributed by atoms with E-state index >= 15 is 0 Å². The van der Waals surface area contributed by atoms with E-state index in [0.717, 1.165) is 195 Å². The summed E-state index contributed by atoms with van der Waals surface area (Å²) in [4.78, 5) is 111. The van der Waals surface area contributed by atoms with Gasteiger partial charge in [-0.25, -0.2) is 39.9 Å². The monoisotopic (exact) mass is 1940 g/mol. The standard InChI is InChI=1S/2C27H33ClN6O.2C26H31ClN6O/c2*1-15(2)29-11-23(17-4-6-18(28)7-5-17)27(35)34-19-8-9-20(34)13-33(12-19)26-24-22-10-21(22)16(3)32-25(24)30-14-31-26;2*1-15-11-16(2)31-24-23(15)25(30-14-29-24)32-9-10-33(22-12-21(22)32)26(34)20(13-28-19-7-8-19)17-3-5-18(27)6-4-17/h2*4-7,14-15,19-23,29H,3,8-13H2,1-2H3,(H,30,31,32);2*3-6,14-15,19-22,28H,2,7-13H2,1H3,(H,29,30,31)/t19?,20?,21-,22-,23+;19?,20?,21-,22-,23-;15-,20-,21+,22-;15-,20-,21-,22+/m0111/s1. The van der Waals surface area contributed by atoms with Crippen LogP contribution < -0.4 is 62.1 Å². The Hall–Kier alpha value is -10.6. The molecule has 4 amide bonds. The summed E-state index contributed by atoms with van der Waals surface area (Å²) in [5, 5.41) is 30.4. The summed E-state index contributed by atoms with van der Waals surface area (Å²) in [5.41, 5.74) is 13.1. The molecule has 8 N–H and O–H groups in total. The molecule has 6 aliphatic carbocycles. The van der Waals surface area contributed by atoms with Gasteiger partial charge in [-0.2, -0.15) is 0 Å². The van der Waals surface area contributed by atoms with E-state index in [9.17, 15) is 19.2 Å². The molecule has 0 radical (unpaired) electrons. The number of rotatable bonds is 24. The van der Waals surface area contributed by atoms with Crippen LogP contribution in [-0.4, -0.2) is 234 Å². The summed E-state index contributed by atoms with van der Waals surface area (Å²) in [6, 6.07) is 34.6. The van der Waals surface area contributed by atoms with Crippen molar-refractivity contribution in [2.24, 2.45) is 11.8 Å². The first kappa shape index (κ1) is 93.7.